The lowest BCUT2D eigenvalue weighted by Gasteiger charge is -2.41. The van der Waals surface area contributed by atoms with E-state index >= 15 is 0 Å². The Balaban J connectivity index is 1.94. The highest BCUT2D eigenvalue weighted by molar-refractivity contribution is 5.68. The molecule has 0 N–H and O–H groups in total. The molecule has 0 saturated carbocycles. The van der Waals surface area contributed by atoms with Gasteiger partial charge in [-0.25, -0.2) is 9.18 Å². The lowest BCUT2D eigenvalue weighted by molar-refractivity contribution is -0.0981. The molecule has 0 radical (unpaired) electrons. The largest absolute Gasteiger partial charge is 0.444 e. The zero-order chi connectivity index (χ0) is 13.4. The summed E-state index contributed by atoms with van der Waals surface area (Å²) in [7, 11) is 0. The van der Waals surface area contributed by atoms with E-state index < -0.39 is 23.5 Å². The maximum Gasteiger partial charge on any atom is 0.410 e. The van der Waals surface area contributed by atoms with E-state index in [-0.39, 0.29) is 6.54 Å². The number of carbonyl (C=O) groups excluding carboxylic acids is 1. The molecule has 2 fully saturated rings. The van der Waals surface area contributed by atoms with Crippen molar-refractivity contribution in [3.05, 3.63) is 0 Å². The van der Waals surface area contributed by atoms with Crippen LogP contribution < -0.4 is 0 Å². The third-order valence-corrected chi connectivity index (χ3v) is 3.54. The normalized spacial score (nSPS) is 32.9. The van der Waals surface area contributed by atoms with Crippen molar-refractivity contribution in [3.63, 3.8) is 0 Å². The van der Waals surface area contributed by atoms with Gasteiger partial charge < -0.3 is 14.4 Å². The molecular weight excluding hydrogens is 237 g/mol. The van der Waals surface area contributed by atoms with Crippen LogP contribution in [-0.4, -0.2) is 48.1 Å². The van der Waals surface area contributed by atoms with Crippen LogP contribution in [0.15, 0.2) is 0 Å². The van der Waals surface area contributed by atoms with Crippen LogP contribution in [0, 0.1) is 0 Å². The van der Waals surface area contributed by atoms with Gasteiger partial charge >= 0.3 is 6.09 Å². The zero-order valence-corrected chi connectivity index (χ0v) is 11.4. The second-order valence-corrected chi connectivity index (χ2v) is 6.16. The van der Waals surface area contributed by atoms with Gasteiger partial charge in [0.1, 0.15) is 17.4 Å². The predicted molar refractivity (Wildman–Crippen MR) is 65.2 cm³/mol. The molecule has 2 saturated heterocycles. The Bertz CT molecular complexity index is 321. The number of nitrogens with zero attached hydrogens (tertiary/aromatic N) is 1. The molecule has 0 aromatic carbocycles. The predicted octanol–water partition coefficient (Wildman–Crippen LogP) is 2.51. The molecule has 0 unspecified atom stereocenters. The highest BCUT2D eigenvalue weighted by atomic mass is 19.1. The second kappa shape index (κ2) is 4.68. The molecule has 1 amide bonds. The highest BCUT2D eigenvalue weighted by Crippen LogP contribution is 2.37. The lowest BCUT2D eigenvalue weighted by atomic mass is 9.87. The molecule has 2 aliphatic heterocycles. The molecular formula is C13H22FNO3. The van der Waals surface area contributed by atoms with E-state index in [1.165, 1.54) is 4.90 Å². The van der Waals surface area contributed by atoms with Crippen LogP contribution in [0.1, 0.15) is 40.0 Å². The minimum absolute atomic E-state index is 0.0783. The second-order valence-electron chi connectivity index (χ2n) is 6.16. The number of hydrogen-bond acceptors (Lipinski definition) is 3. The number of halogens is 1. The number of rotatable bonds is 0. The summed E-state index contributed by atoms with van der Waals surface area (Å²) in [5, 5.41) is 0. The topological polar surface area (TPSA) is 38.8 Å². The van der Waals surface area contributed by atoms with E-state index in [2.05, 4.69) is 0 Å². The summed E-state index contributed by atoms with van der Waals surface area (Å²) in [6.07, 6.45) is 0.690. The average molecular weight is 259 g/mol. The Morgan fingerprint density at radius 3 is 2.67 bits per heavy atom. The van der Waals surface area contributed by atoms with E-state index in [9.17, 15) is 9.18 Å². The molecule has 2 aliphatic rings. The van der Waals surface area contributed by atoms with E-state index in [1.54, 1.807) is 0 Å². The highest BCUT2D eigenvalue weighted by Gasteiger charge is 2.48. The zero-order valence-electron chi connectivity index (χ0n) is 11.4. The first-order valence-corrected chi connectivity index (χ1v) is 6.58. The standard InChI is InChI=1S/C13H22FNO3/c1-12(2,3)18-11(16)15-7-6-13(10(14)9-15)5-4-8-17-13/h10H,4-9H2,1-3H3/t10-,13+/m1/s1. The van der Waals surface area contributed by atoms with Crippen LogP contribution >= 0.6 is 0 Å². The summed E-state index contributed by atoms with van der Waals surface area (Å²) in [6.45, 7) is 6.65. The summed E-state index contributed by atoms with van der Waals surface area (Å²) < 4.78 is 25.0. The van der Waals surface area contributed by atoms with Gasteiger partial charge in [-0.05, 0) is 40.0 Å². The minimum Gasteiger partial charge on any atom is -0.444 e. The van der Waals surface area contributed by atoms with Crippen molar-refractivity contribution in [2.45, 2.75) is 57.4 Å². The van der Waals surface area contributed by atoms with Crippen molar-refractivity contribution >= 4 is 6.09 Å². The number of amides is 1. The van der Waals surface area contributed by atoms with Gasteiger partial charge in [0, 0.05) is 13.2 Å². The van der Waals surface area contributed by atoms with Crippen LogP contribution in [0.2, 0.25) is 0 Å². The molecule has 0 bridgehead atoms. The molecule has 4 nitrogen and oxygen atoms in total. The summed E-state index contributed by atoms with van der Waals surface area (Å²) in [5.41, 5.74) is -1.18. The monoisotopic (exact) mass is 259 g/mol. The molecule has 2 heterocycles. The SMILES string of the molecule is CC(C)(C)OC(=O)N1CC[C@@]2(CCCO2)[C@H](F)C1. The maximum absolute atomic E-state index is 14.2. The molecule has 2 atom stereocenters. The van der Waals surface area contributed by atoms with Gasteiger partial charge in [0.05, 0.1) is 6.54 Å². The first-order chi connectivity index (χ1) is 8.32. The fourth-order valence-corrected chi connectivity index (χ4v) is 2.59. The van der Waals surface area contributed by atoms with E-state index in [1.807, 2.05) is 20.8 Å². The van der Waals surface area contributed by atoms with Crippen LogP contribution in [-0.2, 0) is 9.47 Å². The Morgan fingerprint density at radius 1 is 1.44 bits per heavy atom. The fourth-order valence-electron chi connectivity index (χ4n) is 2.59. The minimum atomic E-state index is -1.11. The van der Waals surface area contributed by atoms with Gasteiger partial charge in [-0.1, -0.05) is 0 Å². The van der Waals surface area contributed by atoms with Crippen LogP contribution in [0.4, 0.5) is 9.18 Å². The Morgan fingerprint density at radius 2 is 2.17 bits per heavy atom. The lowest BCUT2D eigenvalue weighted by Crippen LogP contribution is -2.55. The fraction of sp³-hybridized carbons (Fsp3) is 0.923. The number of ether oxygens (including phenoxy) is 2. The van der Waals surface area contributed by atoms with Crippen LogP contribution in [0.3, 0.4) is 0 Å². The third kappa shape index (κ3) is 2.76. The number of hydrogen-bond donors (Lipinski definition) is 0. The van der Waals surface area contributed by atoms with Crippen molar-refractivity contribution in [1.82, 2.24) is 4.90 Å². The molecule has 0 aromatic rings. The van der Waals surface area contributed by atoms with Gasteiger partial charge in [0.15, 0.2) is 0 Å². The maximum atomic E-state index is 14.2. The quantitative estimate of drug-likeness (QED) is 0.671. The summed E-state index contributed by atoms with van der Waals surface area (Å²) >= 11 is 0. The van der Waals surface area contributed by atoms with E-state index in [0.717, 1.165) is 12.8 Å². The van der Waals surface area contributed by atoms with Gasteiger partial charge in [-0.2, -0.15) is 0 Å². The number of likely N-dealkylation sites (tertiary alicyclic amines) is 1. The van der Waals surface area contributed by atoms with Crippen LogP contribution in [0.5, 0.6) is 0 Å². The molecule has 18 heavy (non-hydrogen) atoms. The number of piperidine rings is 1. The first-order valence-electron chi connectivity index (χ1n) is 6.58. The summed E-state index contributed by atoms with van der Waals surface area (Å²) in [5.74, 6) is 0. The van der Waals surface area contributed by atoms with Gasteiger partial charge in [0.2, 0.25) is 0 Å². The molecule has 0 aromatic heterocycles. The van der Waals surface area contributed by atoms with E-state index in [0.29, 0.717) is 19.6 Å². The third-order valence-electron chi connectivity index (χ3n) is 3.54. The van der Waals surface area contributed by atoms with E-state index in [4.69, 9.17) is 9.47 Å². The molecule has 5 heteroatoms. The van der Waals surface area contributed by atoms with Crippen LogP contribution in [0.25, 0.3) is 0 Å². The number of carbonyl (C=O) groups is 1. The van der Waals surface area contributed by atoms with Gasteiger partial charge in [-0.15, -0.1) is 0 Å². The van der Waals surface area contributed by atoms with Crippen molar-refractivity contribution in [2.24, 2.45) is 0 Å². The van der Waals surface area contributed by atoms with Crippen molar-refractivity contribution in [2.75, 3.05) is 19.7 Å². The van der Waals surface area contributed by atoms with Gasteiger partial charge in [-0.3, -0.25) is 0 Å². The Kier molecular flexibility index (Phi) is 3.54. The molecule has 2 rings (SSSR count). The molecule has 1 spiro atoms. The first kappa shape index (κ1) is 13.6. The van der Waals surface area contributed by atoms with Crippen molar-refractivity contribution in [3.8, 4) is 0 Å². The molecule has 0 aliphatic carbocycles. The smallest absolute Gasteiger partial charge is 0.410 e. The average Bonchev–Trinajstić information content (AvgIpc) is 2.69. The summed E-state index contributed by atoms with van der Waals surface area (Å²) in [4.78, 5) is 13.3. The van der Waals surface area contributed by atoms with Crippen molar-refractivity contribution < 1.29 is 18.7 Å². The van der Waals surface area contributed by atoms with Crippen molar-refractivity contribution in [1.29, 1.82) is 0 Å². The Labute approximate surface area is 107 Å². The van der Waals surface area contributed by atoms with Gasteiger partial charge in [0.25, 0.3) is 0 Å². The Hall–Kier alpha value is -0.840. The summed E-state index contributed by atoms with van der Waals surface area (Å²) in [6, 6.07) is 0. The number of alkyl halides is 1. The molecule has 104 valence electrons.